The average Bonchev–Trinajstić information content (AvgIpc) is 3.17. The molecule has 0 aromatic carbocycles. The fraction of sp³-hybridized carbons (Fsp3) is 0.471. The second-order valence-corrected chi connectivity index (χ2v) is 6.83. The molecule has 0 atom stereocenters. The number of carbonyl (C=O) groups excluding carboxylic acids is 2. The summed E-state index contributed by atoms with van der Waals surface area (Å²) < 4.78 is 10.4. The molecule has 0 unspecified atom stereocenters. The summed E-state index contributed by atoms with van der Waals surface area (Å²) >= 11 is 1.34. The van der Waals surface area contributed by atoms with E-state index in [0.29, 0.717) is 30.5 Å². The summed E-state index contributed by atoms with van der Waals surface area (Å²) in [4.78, 5) is 30.4. The molecule has 0 aliphatic heterocycles. The summed E-state index contributed by atoms with van der Waals surface area (Å²) in [5.74, 6) is 0.817. The highest BCUT2D eigenvalue weighted by molar-refractivity contribution is 7.13. The van der Waals surface area contributed by atoms with Crippen LogP contribution in [0.4, 0.5) is 5.13 Å². The van der Waals surface area contributed by atoms with Crippen molar-refractivity contribution in [1.29, 1.82) is 0 Å². The van der Waals surface area contributed by atoms with E-state index in [1.807, 2.05) is 11.4 Å². The van der Waals surface area contributed by atoms with Crippen LogP contribution in [-0.4, -0.2) is 42.0 Å². The van der Waals surface area contributed by atoms with Crippen molar-refractivity contribution in [2.75, 3.05) is 25.6 Å². The van der Waals surface area contributed by atoms with Crippen molar-refractivity contribution in [3.8, 4) is 0 Å². The van der Waals surface area contributed by atoms with Gasteiger partial charge in [-0.15, -0.1) is 11.3 Å². The molecule has 2 aromatic heterocycles. The molecule has 2 aromatic rings. The van der Waals surface area contributed by atoms with Crippen LogP contribution in [0.3, 0.4) is 0 Å². The molecule has 0 saturated heterocycles. The van der Waals surface area contributed by atoms with Crippen LogP contribution in [0.15, 0.2) is 28.2 Å². The van der Waals surface area contributed by atoms with Gasteiger partial charge in [-0.3, -0.25) is 9.59 Å². The first-order valence-corrected chi connectivity index (χ1v) is 9.08. The Morgan fingerprint density at radius 2 is 2.32 bits per heavy atom. The van der Waals surface area contributed by atoms with Gasteiger partial charge in [0.1, 0.15) is 5.76 Å². The number of carbonyl (C=O) groups is 2. The lowest BCUT2D eigenvalue weighted by Crippen LogP contribution is -2.34. The van der Waals surface area contributed by atoms with E-state index in [-0.39, 0.29) is 24.2 Å². The molecule has 25 heavy (non-hydrogen) atoms. The smallest absolute Gasteiger partial charge is 0.229 e. The van der Waals surface area contributed by atoms with Gasteiger partial charge in [0.15, 0.2) is 5.13 Å². The van der Waals surface area contributed by atoms with Gasteiger partial charge in [0, 0.05) is 25.0 Å². The van der Waals surface area contributed by atoms with Crippen molar-refractivity contribution >= 4 is 28.3 Å². The van der Waals surface area contributed by atoms with E-state index >= 15 is 0 Å². The van der Waals surface area contributed by atoms with Crippen molar-refractivity contribution in [1.82, 2.24) is 9.88 Å². The Balaban J connectivity index is 1.57. The van der Waals surface area contributed by atoms with Crippen LogP contribution in [0.5, 0.6) is 0 Å². The van der Waals surface area contributed by atoms with E-state index in [0.717, 1.165) is 18.6 Å². The molecule has 2 heterocycles. The maximum absolute atomic E-state index is 12.6. The van der Waals surface area contributed by atoms with E-state index in [1.165, 1.54) is 11.3 Å². The molecule has 3 rings (SSSR count). The fourth-order valence-corrected chi connectivity index (χ4v) is 3.06. The van der Waals surface area contributed by atoms with Gasteiger partial charge in [-0.25, -0.2) is 4.98 Å². The molecular formula is C17H21N3O4S. The van der Waals surface area contributed by atoms with E-state index < -0.39 is 0 Å². The zero-order valence-electron chi connectivity index (χ0n) is 14.1. The highest BCUT2D eigenvalue weighted by Gasteiger charge is 2.30. The van der Waals surface area contributed by atoms with Crippen LogP contribution in [0.2, 0.25) is 0 Å². The molecule has 0 radical (unpaired) electrons. The number of anilines is 1. The Morgan fingerprint density at radius 3 is 3.00 bits per heavy atom. The minimum Gasteiger partial charge on any atom is -0.467 e. The predicted octanol–water partition coefficient (Wildman–Crippen LogP) is 2.30. The van der Waals surface area contributed by atoms with Crippen LogP contribution >= 0.6 is 11.3 Å². The van der Waals surface area contributed by atoms with E-state index in [4.69, 9.17) is 9.15 Å². The Labute approximate surface area is 150 Å². The van der Waals surface area contributed by atoms with Crippen molar-refractivity contribution in [3.63, 3.8) is 0 Å². The Kier molecular flexibility index (Phi) is 5.83. The summed E-state index contributed by atoms with van der Waals surface area (Å²) in [6.07, 6.45) is 3.66. The van der Waals surface area contributed by atoms with Crippen LogP contribution in [0, 0.1) is 5.92 Å². The molecule has 1 aliphatic carbocycles. The number of aromatic nitrogens is 1. The van der Waals surface area contributed by atoms with Crippen molar-refractivity contribution in [2.24, 2.45) is 5.92 Å². The molecule has 0 spiro atoms. The summed E-state index contributed by atoms with van der Waals surface area (Å²) in [6, 6.07) is 3.63. The molecule has 1 N–H and O–H groups in total. The lowest BCUT2D eigenvalue weighted by Gasteiger charge is -2.21. The fourth-order valence-electron chi connectivity index (χ4n) is 2.35. The number of hydrogen-bond acceptors (Lipinski definition) is 6. The number of thiazole rings is 1. The van der Waals surface area contributed by atoms with Crippen LogP contribution < -0.4 is 5.32 Å². The lowest BCUT2D eigenvalue weighted by atomic mass is 10.3. The van der Waals surface area contributed by atoms with Gasteiger partial charge in [-0.2, -0.15) is 0 Å². The molecule has 8 heteroatoms. The summed E-state index contributed by atoms with van der Waals surface area (Å²) in [5.41, 5.74) is 0.656. The molecule has 1 aliphatic rings. The number of hydrogen-bond donors (Lipinski definition) is 1. The minimum atomic E-state index is -0.0566. The van der Waals surface area contributed by atoms with Crippen molar-refractivity contribution in [3.05, 3.63) is 35.2 Å². The van der Waals surface area contributed by atoms with Crippen molar-refractivity contribution < 1.29 is 18.7 Å². The van der Waals surface area contributed by atoms with Gasteiger partial charge in [0.2, 0.25) is 11.8 Å². The standard InChI is InChI=1S/C17H21N3O4S/c1-23-8-6-20(10-14-3-2-7-24-14)15(21)9-13-11-25-17(18-13)19-16(22)12-4-5-12/h2-3,7,11-12H,4-6,8-10H2,1H3,(H,18,19,22). The third-order valence-corrected chi connectivity index (χ3v) is 4.71. The molecule has 1 saturated carbocycles. The molecule has 1 fully saturated rings. The first kappa shape index (κ1) is 17.6. The number of ether oxygens (including phenoxy) is 1. The SMILES string of the molecule is COCCN(Cc1ccco1)C(=O)Cc1csc(NC(=O)C2CC2)n1. The minimum absolute atomic E-state index is 0.0202. The second-order valence-electron chi connectivity index (χ2n) is 5.97. The number of nitrogens with one attached hydrogen (secondary N) is 1. The van der Waals surface area contributed by atoms with E-state index in [2.05, 4.69) is 10.3 Å². The Hall–Kier alpha value is -2.19. The first-order valence-electron chi connectivity index (χ1n) is 8.20. The lowest BCUT2D eigenvalue weighted by molar-refractivity contribution is -0.132. The molecule has 0 bridgehead atoms. The largest absolute Gasteiger partial charge is 0.467 e. The summed E-state index contributed by atoms with van der Waals surface area (Å²) in [6.45, 7) is 1.32. The number of nitrogens with zero attached hydrogens (tertiary/aromatic N) is 2. The highest BCUT2D eigenvalue weighted by atomic mass is 32.1. The number of amides is 2. The van der Waals surface area contributed by atoms with Gasteiger partial charge < -0.3 is 19.4 Å². The normalized spacial score (nSPS) is 13.6. The average molecular weight is 363 g/mol. The number of furan rings is 1. The van der Waals surface area contributed by atoms with Gasteiger partial charge in [-0.05, 0) is 25.0 Å². The monoisotopic (exact) mass is 363 g/mol. The third-order valence-electron chi connectivity index (χ3n) is 3.91. The molecule has 134 valence electrons. The first-order chi connectivity index (χ1) is 12.2. The Morgan fingerprint density at radius 1 is 1.48 bits per heavy atom. The maximum Gasteiger partial charge on any atom is 0.229 e. The van der Waals surface area contributed by atoms with Crippen LogP contribution in [0.1, 0.15) is 24.3 Å². The zero-order valence-corrected chi connectivity index (χ0v) is 14.9. The summed E-state index contributed by atoms with van der Waals surface area (Å²) in [5, 5.41) is 5.16. The third kappa shape index (κ3) is 5.14. The van der Waals surface area contributed by atoms with Gasteiger partial charge in [-0.1, -0.05) is 0 Å². The van der Waals surface area contributed by atoms with Gasteiger partial charge >= 0.3 is 0 Å². The quantitative estimate of drug-likeness (QED) is 0.739. The predicted molar refractivity (Wildman–Crippen MR) is 93.2 cm³/mol. The number of methoxy groups -OCH3 is 1. The van der Waals surface area contributed by atoms with Crippen molar-refractivity contribution in [2.45, 2.75) is 25.8 Å². The zero-order chi connectivity index (χ0) is 17.6. The highest BCUT2D eigenvalue weighted by Crippen LogP contribution is 2.30. The summed E-state index contributed by atoms with van der Waals surface area (Å²) in [7, 11) is 1.60. The van der Waals surface area contributed by atoms with E-state index in [9.17, 15) is 9.59 Å². The Bertz CT molecular complexity index is 709. The molecular weight excluding hydrogens is 342 g/mol. The maximum atomic E-state index is 12.6. The van der Waals surface area contributed by atoms with E-state index in [1.54, 1.807) is 24.3 Å². The van der Waals surface area contributed by atoms with Crippen LogP contribution in [-0.2, 0) is 27.3 Å². The van der Waals surface area contributed by atoms with Gasteiger partial charge in [0.05, 0.1) is 31.5 Å². The number of rotatable bonds is 9. The van der Waals surface area contributed by atoms with Gasteiger partial charge in [0.25, 0.3) is 0 Å². The second kappa shape index (κ2) is 8.26. The molecule has 2 amide bonds. The van der Waals surface area contributed by atoms with Crippen LogP contribution in [0.25, 0.3) is 0 Å². The molecule has 7 nitrogen and oxygen atoms in total. The topological polar surface area (TPSA) is 84.7 Å².